The molecule has 33 heavy (non-hydrogen) atoms. The molecule has 7 heteroatoms. The van der Waals surface area contributed by atoms with Crippen LogP contribution in [-0.2, 0) is 0 Å². The van der Waals surface area contributed by atoms with Gasteiger partial charge >= 0.3 is 0 Å². The van der Waals surface area contributed by atoms with Crippen LogP contribution in [0.1, 0.15) is 17.2 Å². The minimum absolute atomic E-state index is 0. The molecular weight excluding hydrogens is 462 g/mol. The van der Waals surface area contributed by atoms with Gasteiger partial charge in [-0.2, -0.15) is 0 Å². The highest BCUT2D eigenvalue weighted by Gasteiger charge is 2.27. The fourth-order valence-electron chi connectivity index (χ4n) is 4.16. The number of aliphatic hydroxyl groups is 1. The molecule has 0 spiro atoms. The third-order valence-corrected chi connectivity index (χ3v) is 5.73. The summed E-state index contributed by atoms with van der Waals surface area (Å²) in [5.74, 6) is 0.272. The molecule has 0 saturated carbocycles. The van der Waals surface area contributed by atoms with Crippen molar-refractivity contribution in [3.63, 3.8) is 0 Å². The van der Waals surface area contributed by atoms with Crippen molar-refractivity contribution < 1.29 is 14.2 Å². The van der Waals surface area contributed by atoms with Crippen LogP contribution in [-0.4, -0.2) is 60.3 Å². The molecule has 1 saturated heterocycles. The summed E-state index contributed by atoms with van der Waals surface area (Å²) in [7, 11) is 0. The van der Waals surface area contributed by atoms with E-state index in [1.165, 1.54) is 23.3 Å². The Balaban J connectivity index is 0.00000193. The number of hydrogen-bond donors (Lipinski definition) is 1. The Kier molecular flexibility index (Phi) is 11.1. The van der Waals surface area contributed by atoms with Crippen molar-refractivity contribution in [3.05, 3.63) is 102 Å². The lowest BCUT2D eigenvalue weighted by Gasteiger charge is -2.40. The number of β-amino-alcohol motifs (C(OH)–C–C–N with tert-alkyl or cyclic N) is 1. The van der Waals surface area contributed by atoms with Gasteiger partial charge in [0.2, 0.25) is 0 Å². The number of ether oxygens (including phenoxy) is 1. The summed E-state index contributed by atoms with van der Waals surface area (Å²) in [6.45, 7) is 4.41. The molecule has 0 aliphatic carbocycles. The molecular formula is C26H31Cl2FN2O2. The van der Waals surface area contributed by atoms with Gasteiger partial charge in [-0.15, -0.1) is 24.8 Å². The van der Waals surface area contributed by atoms with Gasteiger partial charge in [0.25, 0.3) is 0 Å². The Bertz CT molecular complexity index is 885. The maximum absolute atomic E-state index is 13.0. The van der Waals surface area contributed by atoms with Crippen LogP contribution >= 0.6 is 24.8 Å². The van der Waals surface area contributed by atoms with E-state index < -0.39 is 6.10 Å². The Morgan fingerprint density at radius 1 is 0.758 bits per heavy atom. The number of benzene rings is 3. The fraction of sp³-hybridized carbons (Fsp3) is 0.308. The Morgan fingerprint density at radius 3 is 1.79 bits per heavy atom. The SMILES string of the molecule is Cl.Cl.OC(COc1ccc(F)cc1)CN1CCN(C(c2ccccc2)c2ccccc2)CC1. The van der Waals surface area contributed by atoms with Crippen LogP contribution in [0.15, 0.2) is 84.9 Å². The average molecular weight is 493 g/mol. The van der Waals surface area contributed by atoms with Crippen molar-refractivity contribution >= 4 is 24.8 Å². The van der Waals surface area contributed by atoms with Crippen molar-refractivity contribution in [2.45, 2.75) is 12.1 Å². The first-order chi connectivity index (χ1) is 15.2. The minimum atomic E-state index is -0.587. The maximum atomic E-state index is 13.0. The fourth-order valence-corrected chi connectivity index (χ4v) is 4.16. The van der Waals surface area contributed by atoms with Gasteiger partial charge in [0.05, 0.1) is 6.04 Å². The molecule has 1 atom stereocenters. The van der Waals surface area contributed by atoms with Crippen molar-refractivity contribution in [3.8, 4) is 5.75 Å². The van der Waals surface area contributed by atoms with Gasteiger partial charge in [0.1, 0.15) is 24.3 Å². The molecule has 1 N–H and O–H groups in total. The van der Waals surface area contributed by atoms with Crippen LogP contribution in [0.2, 0.25) is 0 Å². The lowest BCUT2D eigenvalue weighted by molar-refractivity contribution is 0.0401. The topological polar surface area (TPSA) is 35.9 Å². The van der Waals surface area contributed by atoms with E-state index in [4.69, 9.17) is 4.74 Å². The molecule has 1 heterocycles. The first kappa shape index (κ1) is 27.1. The van der Waals surface area contributed by atoms with Gasteiger partial charge < -0.3 is 9.84 Å². The van der Waals surface area contributed by atoms with Gasteiger partial charge in [0, 0.05) is 32.7 Å². The highest BCUT2D eigenvalue weighted by molar-refractivity contribution is 5.85. The quantitative estimate of drug-likeness (QED) is 0.489. The molecule has 3 aromatic rings. The summed E-state index contributed by atoms with van der Waals surface area (Å²) in [6, 6.07) is 27.4. The second-order valence-electron chi connectivity index (χ2n) is 7.98. The van der Waals surface area contributed by atoms with E-state index in [9.17, 15) is 9.50 Å². The van der Waals surface area contributed by atoms with Gasteiger partial charge in [-0.3, -0.25) is 9.80 Å². The third kappa shape index (κ3) is 7.70. The average Bonchev–Trinajstić information content (AvgIpc) is 2.81. The van der Waals surface area contributed by atoms with E-state index in [1.807, 2.05) is 0 Å². The molecule has 3 aromatic carbocycles. The normalized spacial score (nSPS) is 15.4. The highest BCUT2D eigenvalue weighted by Crippen LogP contribution is 2.29. The number of aliphatic hydroxyl groups excluding tert-OH is 1. The molecule has 1 aliphatic heterocycles. The van der Waals surface area contributed by atoms with Crippen LogP contribution in [0.4, 0.5) is 4.39 Å². The molecule has 4 rings (SSSR count). The van der Waals surface area contributed by atoms with Crippen LogP contribution in [0.5, 0.6) is 5.75 Å². The second-order valence-corrected chi connectivity index (χ2v) is 7.98. The minimum Gasteiger partial charge on any atom is -0.491 e. The lowest BCUT2D eigenvalue weighted by atomic mass is 9.96. The summed E-state index contributed by atoms with van der Waals surface area (Å²) >= 11 is 0. The predicted octanol–water partition coefficient (Wildman–Crippen LogP) is 4.82. The number of nitrogens with zero attached hydrogens (tertiary/aromatic N) is 2. The van der Waals surface area contributed by atoms with E-state index in [0.29, 0.717) is 12.3 Å². The van der Waals surface area contributed by atoms with Gasteiger partial charge in [-0.25, -0.2) is 4.39 Å². The molecule has 0 aromatic heterocycles. The summed E-state index contributed by atoms with van der Waals surface area (Å²) in [5, 5.41) is 10.4. The first-order valence-corrected chi connectivity index (χ1v) is 10.8. The maximum Gasteiger partial charge on any atom is 0.123 e. The molecule has 0 radical (unpaired) electrons. The number of halogens is 3. The first-order valence-electron chi connectivity index (χ1n) is 10.8. The van der Waals surface area contributed by atoms with Crippen molar-refractivity contribution in [2.75, 3.05) is 39.3 Å². The van der Waals surface area contributed by atoms with Crippen molar-refractivity contribution in [2.24, 2.45) is 0 Å². The van der Waals surface area contributed by atoms with Gasteiger partial charge in [0.15, 0.2) is 0 Å². The Hall–Kier alpha value is -2.15. The zero-order valence-electron chi connectivity index (χ0n) is 18.4. The van der Waals surface area contributed by atoms with Crippen molar-refractivity contribution in [1.82, 2.24) is 9.80 Å². The highest BCUT2D eigenvalue weighted by atomic mass is 35.5. The molecule has 4 nitrogen and oxygen atoms in total. The molecule has 0 amide bonds. The molecule has 178 valence electrons. The largest absolute Gasteiger partial charge is 0.491 e. The standard InChI is InChI=1S/C26H29FN2O2.2ClH/c27-23-11-13-25(14-12-23)31-20-24(30)19-28-15-17-29(18-16-28)26(21-7-3-1-4-8-21)22-9-5-2-6-10-22;;/h1-14,24,26,30H,15-20H2;2*1H. The predicted molar refractivity (Wildman–Crippen MR) is 135 cm³/mol. The smallest absolute Gasteiger partial charge is 0.123 e. The van der Waals surface area contributed by atoms with E-state index in [1.54, 1.807) is 12.1 Å². The lowest BCUT2D eigenvalue weighted by Crippen LogP contribution is -2.50. The van der Waals surface area contributed by atoms with Crippen LogP contribution in [0, 0.1) is 5.82 Å². The Labute approximate surface area is 207 Å². The van der Waals surface area contributed by atoms with E-state index in [0.717, 1.165) is 26.2 Å². The van der Waals surface area contributed by atoms with Gasteiger partial charge in [-0.1, -0.05) is 60.7 Å². The third-order valence-electron chi connectivity index (χ3n) is 5.73. The monoisotopic (exact) mass is 492 g/mol. The Morgan fingerprint density at radius 2 is 1.27 bits per heavy atom. The second kappa shape index (κ2) is 13.5. The van der Waals surface area contributed by atoms with Gasteiger partial charge in [-0.05, 0) is 35.4 Å². The summed E-state index contributed by atoms with van der Waals surface area (Å²) in [5.41, 5.74) is 2.60. The molecule has 0 bridgehead atoms. The van der Waals surface area contributed by atoms with E-state index >= 15 is 0 Å². The van der Waals surface area contributed by atoms with Crippen LogP contribution in [0.3, 0.4) is 0 Å². The van der Waals surface area contributed by atoms with Crippen molar-refractivity contribution in [1.29, 1.82) is 0 Å². The molecule has 1 fully saturated rings. The zero-order valence-corrected chi connectivity index (χ0v) is 20.1. The van der Waals surface area contributed by atoms with E-state index in [-0.39, 0.29) is 43.3 Å². The summed E-state index contributed by atoms with van der Waals surface area (Å²) in [4.78, 5) is 4.80. The van der Waals surface area contributed by atoms with E-state index in [2.05, 4.69) is 70.5 Å². The molecule has 1 unspecified atom stereocenters. The van der Waals surface area contributed by atoms with Crippen LogP contribution in [0.25, 0.3) is 0 Å². The molecule has 1 aliphatic rings. The number of piperazine rings is 1. The zero-order chi connectivity index (χ0) is 21.5. The number of hydrogen-bond acceptors (Lipinski definition) is 4. The summed E-state index contributed by atoms with van der Waals surface area (Å²) in [6.07, 6.45) is -0.587. The van der Waals surface area contributed by atoms with Crippen LogP contribution < -0.4 is 4.74 Å². The number of rotatable bonds is 8. The summed E-state index contributed by atoms with van der Waals surface area (Å²) < 4.78 is 18.6.